The number of anilines is 1. The molecule has 0 saturated carbocycles. The summed E-state index contributed by atoms with van der Waals surface area (Å²) in [6.07, 6.45) is 0.594. The summed E-state index contributed by atoms with van der Waals surface area (Å²) in [7, 11) is 3.12. The van der Waals surface area contributed by atoms with Gasteiger partial charge >= 0.3 is 0 Å². The third-order valence-electron chi connectivity index (χ3n) is 5.02. The number of hydrogen-bond donors (Lipinski definition) is 1. The van der Waals surface area contributed by atoms with Crippen LogP contribution in [-0.4, -0.2) is 37.5 Å². The number of nitrogens with one attached hydrogen (secondary N) is 1. The zero-order valence-electron chi connectivity index (χ0n) is 17.3. The van der Waals surface area contributed by atoms with Crippen molar-refractivity contribution in [3.63, 3.8) is 0 Å². The molecule has 4 rings (SSSR count). The van der Waals surface area contributed by atoms with Crippen LogP contribution in [0.4, 0.5) is 5.69 Å². The van der Waals surface area contributed by atoms with Gasteiger partial charge in [-0.1, -0.05) is 36.4 Å². The highest BCUT2D eigenvalue weighted by atomic mass is 32.1. The van der Waals surface area contributed by atoms with Crippen LogP contribution in [0.15, 0.2) is 71.7 Å². The maximum Gasteiger partial charge on any atom is 0.278 e. The van der Waals surface area contributed by atoms with Crippen molar-refractivity contribution in [2.24, 2.45) is 0 Å². The molecule has 0 fully saturated rings. The summed E-state index contributed by atoms with van der Waals surface area (Å²) in [5.74, 6) is 0.530. The normalized spacial score (nSPS) is 13.7. The molecule has 0 radical (unpaired) electrons. The number of thiophene rings is 1. The van der Waals surface area contributed by atoms with Crippen LogP contribution in [0.2, 0.25) is 0 Å². The van der Waals surface area contributed by atoms with E-state index >= 15 is 0 Å². The topological polar surface area (TPSA) is 67.9 Å². The van der Waals surface area contributed by atoms with E-state index in [1.807, 2.05) is 47.8 Å². The molecule has 0 atom stereocenters. The molecule has 6 nitrogen and oxygen atoms in total. The molecule has 2 aromatic carbocycles. The molecular formula is C24H22N2O4S. The molecule has 2 heterocycles. The molecular weight excluding hydrogens is 412 g/mol. The van der Waals surface area contributed by atoms with Gasteiger partial charge in [0.05, 0.1) is 19.8 Å². The fourth-order valence-electron chi connectivity index (χ4n) is 3.45. The van der Waals surface area contributed by atoms with Crippen molar-refractivity contribution >= 4 is 34.4 Å². The Hall–Kier alpha value is -3.58. The van der Waals surface area contributed by atoms with E-state index in [4.69, 9.17) is 9.47 Å². The molecule has 0 saturated heterocycles. The van der Waals surface area contributed by atoms with E-state index in [0.717, 1.165) is 10.4 Å². The highest BCUT2D eigenvalue weighted by Gasteiger charge is 2.39. The molecule has 31 heavy (non-hydrogen) atoms. The lowest BCUT2D eigenvalue weighted by Crippen LogP contribution is -2.34. The standard InChI is InChI=1S/C24H22N2O4S/c1-29-18-13-17(14-19(15-18)30-2)25-22-21(20-9-6-12-31-20)23(27)26(24(22)28)11-10-16-7-4-3-5-8-16/h3-9,12-15,25H,10-11H2,1-2H3. The van der Waals surface area contributed by atoms with Gasteiger partial charge in [-0.05, 0) is 23.4 Å². The largest absolute Gasteiger partial charge is 0.497 e. The van der Waals surface area contributed by atoms with E-state index in [9.17, 15) is 9.59 Å². The Morgan fingerprint density at radius 2 is 1.61 bits per heavy atom. The van der Waals surface area contributed by atoms with Crippen LogP contribution in [0.25, 0.3) is 5.57 Å². The van der Waals surface area contributed by atoms with E-state index in [0.29, 0.717) is 35.7 Å². The maximum atomic E-state index is 13.3. The number of hydrogen-bond acceptors (Lipinski definition) is 6. The van der Waals surface area contributed by atoms with Crippen molar-refractivity contribution in [2.45, 2.75) is 6.42 Å². The molecule has 3 aromatic rings. The number of nitrogens with zero attached hydrogens (tertiary/aromatic N) is 1. The van der Waals surface area contributed by atoms with E-state index in [-0.39, 0.29) is 17.5 Å². The van der Waals surface area contributed by atoms with Crippen LogP contribution in [0.5, 0.6) is 11.5 Å². The van der Waals surface area contributed by atoms with Crippen LogP contribution in [0, 0.1) is 0 Å². The van der Waals surface area contributed by atoms with E-state index in [1.54, 1.807) is 32.4 Å². The second-order valence-corrected chi connectivity index (χ2v) is 7.90. The summed E-state index contributed by atoms with van der Waals surface area (Å²) in [5, 5.41) is 5.04. The first-order valence-electron chi connectivity index (χ1n) is 9.79. The second-order valence-electron chi connectivity index (χ2n) is 6.95. The van der Waals surface area contributed by atoms with E-state index < -0.39 is 0 Å². The first kappa shape index (κ1) is 20.7. The second kappa shape index (κ2) is 9.06. The minimum atomic E-state index is -0.342. The highest BCUT2D eigenvalue weighted by Crippen LogP contribution is 2.34. The molecule has 1 aromatic heterocycles. The zero-order chi connectivity index (χ0) is 21.8. The zero-order valence-corrected chi connectivity index (χ0v) is 18.1. The maximum absolute atomic E-state index is 13.3. The Bertz CT molecular complexity index is 1100. The van der Waals surface area contributed by atoms with E-state index in [2.05, 4.69) is 5.32 Å². The molecule has 2 amide bonds. The van der Waals surface area contributed by atoms with Crippen LogP contribution < -0.4 is 14.8 Å². The quantitative estimate of drug-likeness (QED) is 0.538. The number of methoxy groups -OCH3 is 2. The molecule has 1 aliphatic rings. The number of carbonyl (C=O) groups excluding carboxylic acids is 2. The molecule has 0 spiro atoms. The summed E-state index contributed by atoms with van der Waals surface area (Å²) >= 11 is 1.43. The minimum Gasteiger partial charge on any atom is -0.497 e. The number of benzene rings is 2. The molecule has 0 unspecified atom stereocenters. The van der Waals surface area contributed by atoms with Crippen LogP contribution >= 0.6 is 11.3 Å². The smallest absolute Gasteiger partial charge is 0.278 e. The SMILES string of the molecule is COc1cc(NC2=C(c3cccs3)C(=O)N(CCc3ccccc3)C2=O)cc(OC)c1. The first-order chi connectivity index (χ1) is 15.1. The van der Waals surface area contributed by atoms with Crippen molar-refractivity contribution in [3.05, 3.63) is 82.2 Å². The summed E-state index contributed by atoms with van der Waals surface area (Å²) in [5.41, 5.74) is 2.32. The Morgan fingerprint density at radius 1 is 0.903 bits per heavy atom. The van der Waals surface area contributed by atoms with Gasteiger partial charge in [0, 0.05) is 35.3 Å². The Labute approximate surface area is 184 Å². The lowest BCUT2D eigenvalue weighted by atomic mass is 10.1. The lowest BCUT2D eigenvalue weighted by Gasteiger charge is -2.15. The average molecular weight is 435 g/mol. The Morgan fingerprint density at radius 3 is 2.23 bits per heavy atom. The van der Waals surface area contributed by atoms with Crippen molar-refractivity contribution in [1.29, 1.82) is 0 Å². The van der Waals surface area contributed by atoms with E-state index in [1.165, 1.54) is 16.2 Å². The third-order valence-corrected chi connectivity index (χ3v) is 5.91. The van der Waals surface area contributed by atoms with Gasteiger partial charge in [-0.15, -0.1) is 11.3 Å². The summed E-state index contributed by atoms with van der Waals surface area (Å²) in [6.45, 7) is 0.309. The summed E-state index contributed by atoms with van der Waals surface area (Å²) in [6, 6.07) is 18.8. The Balaban J connectivity index is 1.66. The van der Waals surface area contributed by atoms with Crippen LogP contribution in [0.1, 0.15) is 10.4 Å². The average Bonchev–Trinajstić information content (AvgIpc) is 3.40. The van der Waals surface area contributed by atoms with Gasteiger partial charge in [0.15, 0.2) is 0 Å². The summed E-state index contributed by atoms with van der Waals surface area (Å²) in [4.78, 5) is 28.6. The monoisotopic (exact) mass is 434 g/mol. The van der Waals surface area contributed by atoms with Gasteiger partial charge in [-0.3, -0.25) is 14.5 Å². The predicted molar refractivity (Wildman–Crippen MR) is 121 cm³/mol. The fourth-order valence-corrected chi connectivity index (χ4v) is 4.22. The van der Waals surface area contributed by atoms with Gasteiger partial charge in [0.2, 0.25) is 0 Å². The number of rotatable bonds is 8. The molecule has 1 N–H and O–H groups in total. The van der Waals surface area contributed by atoms with Crippen molar-refractivity contribution < 1.29 is 19.1 Å². The number of imide groups is 1. The summed E-state index contributed by atoms with van der Waals surface area (Å²) < 4.78 is 10.6. The number of amides is 2. The highest BCUT2D eigenvalue weighted by molar-refractivity contribution is 7.11. The van der Waals surface area contributed by atoms with Gasteiger partial charge in [0.1, 0.15) is 17.2 Å². The number of carbonyl (C=O) groups is 2. The Kier molecular flexibility index (Phi) is 6.04. The fraction of sp³-hybridized carbons (Fsp3) is 0.167. The van der Waals surface area contributed by atoms with Gasteiger partial charge in [-0.25, -0.2) is 0 Å². The lowest BCUT2D eigenvalue weighted by molar-refractivity contribution is -0.136. The molecule has 158 valence electrons. The molecule has 1 aliphatic heterocycles. The third kappa shape index (κ3) is 4.32. The van der Waals surface area contributed by atoms with Gasteiger partial charge in [0.25, 0.3) is 11.8 Å². The van der Waals surface area contributed by atoms with Crippen molar-refractivity contribution in [2.75, 3.05) is 26.1 Å². The minimum absolute atomic E-state index is 0.260. The first-order valence-corrected chi connectivity index (χ1v) is 10.7. The molecule has 0 bridgehead atoms. The molecule has 7 heteroatoms. The predicted octanol–water partition coefficient (Wildman–Crippen LogP) is 4.20. The van der Waals surface area contributed by atoms with Crippen molar-refractivity contribution in [3.8, 4) is 11.5 Å². The van der Waals surface area contributed by atoms with Crippen molar-refractivity contribution in [1.82, 2.24) is 4.90 Å². The van der Waals surface area contributed by atoms with Crippen LogP contribution in [0.3, 0.4) is 0 Å². The van der Waals surface area contributed by atoms with Gasteiger partial charge in [-0.2, -0.15) is 0 Å². The molecule has 0 aliphatic carbocycles. The van der Waals surface area contributed by atoms with Gasteiger partial charge < -0.3 is 14.8 Å². The van der Waals surface area contributed by atoms with Crippen LogP contribution in [-0.2, 0) is 16.0 Å². The number of ether oxygens (including phenoxy) is 2.